The number of rotatable bonds is 5. The molecular formula is C21H22ClN3OS. The molecule has 3 aromatic rings. The third-order valence-corrected chi connectivity index (χ3v) is 6.09. The molecule has 1 saturated carbocycles. The molecule has 0 unspecified atom stereocenters. The number of aromatic amines is 1. The maximum absolute atomic E-state index is 13.1. The molecule has 1 N–H and O–H groups in total. The SMILES string of the molecule is O=C(CSc1nc2ccc(Cl)cc2[nH]1)N(c1ccccc1)C1CCCCC1. The number of nitrogens with one attached hydrogen (secondary N) is 1. The first-order valence-corrected chi connectivity index (χ1v) is 10.7. The topological polar surface area (TPSA) is 49.0 Å². The van der Waals surface area contributed by atoms with Gasteiger partial charge in [-0.25, -0.2) is 4.98 Å². The van der Waals surface area contributed by atoms with Crippen LogP contribution in [0.4, 0.5) is 5.69 Å². The molecule has 1 amide bonds. The van der Waals surface area contributed by atoms with E-state index in [1.807, 2.05) is 53.4 Å². The molecule has 140 valence electrons. The molecule has 1 aliphatic carbocycles. The number of hydrogen-bond donors (Lipinski definition) is 1. The molecule has 1 heterocycles. The minimum atomic E-state index is 0.136. The molecule has 1 aromatic heterocycles. The minimum absolute atomic E-state index is 0.136. The molecule has 0 bridgehead atoms. The van der Waals surface area contributed by atoms with E-state index in [4.69, 9.17) is 11.6 Å². The van der Waals surface area contributed by atoms with Gasteiger partial charge in [0, 0.05) is 16.8 Å². The molecule has 0 aliphatic heterocycles. The average molecular weight is 400 g/mol. The molecule has 4 rings (SSSR count). The van der Waals surface area contributed by atoms with E-state index in [1.54, 1.807) is 0 Å². The highest BCUT2D eigenvalue weighted by atomic mass is 35.5. The third-order valence-electron chi connectivity index (χ3n) is 5.00. The van der Waals surface area contributed by atoms with Gasteiger partial charge in [0.05, 0.1) is 16.8 Å². The fourth-order valence-electron chi connectivity index (χ4n) is 3.71. The number of H-pyrrole nitrogens is 1. The van der Waals surface area contributed by atoms with Crippen LogP contribution in [-0.2, 0) is 4.79 Å². The van der Waals surface area contributed by atoms with E-state index >= 15 is 0 Å². The van der Waals surface area contributed by atoms with Crippen LogP contribution in [0.15, 0.2) is 53.7 Å². The van der Waals surface area contributed by atoms with Gasteiger partial charge >= 0.3 is 0 Å². The van der Waals surface area contributed by atoms with Crippen molar-refractivity contribution >= 4 is 46.0 Å². The van der Waals surface area contributed by atoms with Crippen LogP contribution in [0.2, 0.25) is 5.02 Å². The molecule has 0 saturated heterocycles. The molecule has 6 heteroatoms. The predicted octanol–water partition coefficient (Wildman–Crippen LogP) is 5.67. The fraction of sp³-hybridized carbons (Fsp3) is 0.333. The Morgan fingerprint density at radius 3 is 2.70 bits per heavy atom. The van der Waals surface area contributed by atoms with E-state index in [0.717, 1.165) is 34.7 Å². The largest absolute Gasteiger partial charge is 0.333 e. The molecule has 0 spiro atoms. The van der Waals surface area contributed by atoms with E-state index < -0.39 is 0 Å². The van der Waals surface area contributed by atoms with Gasteiger partial charge in [-0.15, -0.1) is 0 Å². The first-order chi connectivity index (χ1) is 13.2. The van der Waals surface area contributed by atoms with Crippen LogP contribution in [0.5, 0.6) is 0 Å². The van der Waals surface area contributed by atoms with Crippen molar-refractivity contribution in [1.29, 1.82) is 0 Å². The number of aromatic nitrogens is 2. The van der Waals surface area contributed by atoms with Gasteiger partial charge < -0.3 is 9.88 Å². The van der Waals surface area contributed by atoms with Gasteiger partial charge in [0.2, 0.25) is 5.91 Å². The first-order valence-electron chi connectivity index (χ1n) is 9.36. The number of thioether (sulfide) groups is 1. The summed E-state index contributed by atoms with van der Waals surface area (Å²) in [5.74, 6) is 0.496. The number of halogens is 1. The smallest absolute Gasteiger partial charge is 0.237 e. The Hall–Kier alpha value is -1.98. The van der Waals surface area contributed by atoms with Gasteiger partial charge in [0.1, 0.15) is 0 Å². The van der Waals surface area contributed by atoms with Crippen molar-refractivity contribution in [2.45, 2.75) is 43.3 Å². The summed E-state index contributed by atoms with van der Waals surface area (Å²) in [6, 6.07) is 15.9. The van der Waals surface area contributed by atoms with Gasteiger partial charge in [0.15, 0.2) is 5.16 Å². The lowest BCUT2D eigenvalue weighted by Gasteiger charge is -2.34. The monoisotopic (exact) mass is 399 g/mol. The summed E-state index contributed by atoms with van der Waals surface area (Å²) in [5, 5.41) is 1.42. The second kappa shape index (κ2) is 8.36. The van der Waals surface area contributed by atoms with Crippen molar-refractivity contribution in [3.05, 3.63) is 53.6 Å². The normalized spacial score (nSPS) is 15.1. The maximum atomic E-state index is 13.1. The van der Waals surface area contributed by atoms with Gasteiger partial charge in [-0.2, -0.15) is 0 Å². The maximum Gasteiger partial charge on any atom is 0.237 e. The number of hydrogen-bond acceptors (Lipinski definition) is 3. The summed E-state index contributed by atoms with van der Waals surface area (Å²) in [6.45, 7) is 0. The lowest BCUT2D eigenvalue weighted by molar-refractivity contribution is -0.116. The number of fused-ring (bicyclic) bond motifs is 1. The van der Waals surface area contributed by atoms with Crippen molar-refractivity contribution in [2.24, 2.45) is 0 Å². The Labute approximate surface area is 168 Å². The quantitative estimate of drug-likeness (QED) is 0.562. The van der Waals surface area contributed by atoms with Crippen molar-refractivity contribution < 1.29 is 4.79 Å². The van der Waals surface area contributed by atoms with E-state index in [-0.39, 0.29) is 5.91 Å². The number of amides is 1. The van der Waals surface area contributed by atoms with Gasteiger partial charge in [-0.1, -0.05) is 60.8 Å². The summed E-state index contributed by atoms with van der Waals surface area (Å²) in [5.41, 5.74) is 2.75. The highest BCUT2D eigenvalue weighted by Gasteiger charge is 2.26. The summed E-state index contributed by atoms with van der Waals surface area (Å²) in [6.07, 6.45) is 5.81. The summed E-state index contributed by atoms with van der Waals surface area (Å²) in [7, 11) is 0. The molecule has 0 radical (unpaired) electrons. The van der Waals surface area contributed by atoms with E-state index in [2.05, 4.69) is 9.97 Å². The van der Waals surface area contributed by atoms with Gasteiger partial charge in [0.25, 0.3) is 0 Å². The molecule has 1 aliphatic rings. The number of imidazole rings is 1. The summed E-state index contributed by atoms with van der Waals surface area (Å²) < 4.78 is 0. The van der Waals surface area contributed by atoms with Crippen LogP contribution in [0, 0.1) is 0 Å². The zero-order chi connectivity index (χ0) is 18.6. The summed E-state index contributed by atoms with van der Waals surface area (Å²) >= 11 is 7.48. The van der Waals surface area contributed by atoms with Crippen LogP contribution in [0.1, 0.15) is 32.1 Å². The highest BCUT2D eigenvalue weighted by molar-refractivity contribution is 7.99. The average Bonchev–Trinajstić information content (AvgIpc) is 3.10. The molecular weight excluding hydrogens is 378 g/mol. The lowest BCUT2D eigenvalue weighted by Crippen LogP contribution is -2.42. The van der Waals surface area contributed by atoms with Crippen LogP contribution in [-0.4, -0.2) is 27.7 Å². The molecule has 0 atom stereocenters. The second-order valence-corrected chi connectivity index (χ2v) is 8.28. The van der Waals surface area contributed by atoms with Gasteiger partial charge in [-0.3, -0.25) is 4.79 Å². The van der Waals surface area contributed by atoms with Crippen LogP contribution in [0.25, 0.3) is 11.0 Å². The number of carbonyl (C=O) groups is 1. The first kappa shape index (κ1) is 18.4. The van der Waals surface area contributed by atoms with Crippen molar-refractivity contribution in [3.8, 4) is 0 Å². The van der Waals surface area contributed by atoms with E-state index in [0.29, 0.717) is 16.8 Å². The number of anilines is 1. The minimum Gasteiger partial charge on any atom is -0.333 e. The number of para-hydroxylation sites is 1. The Morgan fingerprint density at radius 2 is 1.93 bits per heavy atom. The van der Waals surface area contributed by atoms with Crippen molar-refractivity contribution in [1.82, 2.24) is 9.97 Å². The Bertz CT molecular complexity index is 922. The van der Waals surface area contributed by atoms with Crippen LogP contribution < -0.4 is 4.90 Å². The number of nitrogens with zero attached hydrogens (tertiary/aromatic N) is 2. The zero-order valence-corrected chi connectivity index (χ0v) is 16.6. The number of carbonyl (C=O) groups excluding carboxylic acids is 1. The molecule has 4 nitrogen and oxygen atoms in total. The van der Waals surface area contributed by atoms with E-state index in [9.17, 15) is 4.79 Å². The van der Waals surface area contributed by atoms with Crippen molar-refractivity contribution in [3.63, 3.8) is 0 Å². The Kier molecular flexibility index (Phi) is 5.69. The number of benzene rings is 2. The third kappa shape index (κ3) is 4.30. The Morgan fingerprint density at radius 1 is 1.15 bits per heavy atom. The second-order valence-electron chi connectivity index (χ2n) is 6.88. The zero-order valence-electron chi connectivity index (χ0n) is 15.0. The fourth-order valence-corrected chi connectivity index (χ4v) is 4.63. The standard InChI is InChI=1S/C21H22ClN3OS/c22-15-11-12-18-19(13-15)24-21(23-18)27-14-20(26)25(16-7-3-1-4-8-16)17-9-5-2-6-10-17/h1,3-4,7-8,11-13,17H,2,5-6,9-10,14H2,(H,23,24). The molecule has 27 heavy (non-hydrogen) atoms. The Balaban J connectivity index is 1.50. The van der Waals surface area contributed by atoms with E-state index in [1.165, 1.54) is 31.0 Å². The van der Waals surface area contributed by atoms with Crippen molar-refractivity contribution in [2.75, 3.05) is 10.7 Å². The summed E-state index contributed by atoms with van der Waals surface area (Å²) in [4.78, 5) is 22.9. The van der Waals surface area contributed by atoms with Crippen LogP contribution >= 0.6 is 23.4 Å². The molecule has 2 aromatic carbocycles. The lowest BCUT2D eigenvalue weighted by atomic mass is 9.93. The molecule has 1 fully saturated rings. The highest BCUT2D eigenvalue weighted by Crippen LogP contribution is 2.29. The predicted molar refractivity (Wildman–Crippen MR) is 113 cm³/mol. The van der Waals surface area contributed by atoms with Gasteiger partial charge in [-0.05, 0) is 43.2 Å². The van der Waals surface area contributed by atoms with Crippen LogP contribution in [0.3, 0.4) is 0 Å².